The molecule has 0 spiro atoms. The number of rotatable bonds is 3. The van der Waals surface area contributed by atoms with Gasteiger partial charge in [0.15, 0.2) is 0 Å². The lowest BCUT2D eigenvalue weighted by molar-refractivity contribution is -0.136. The van der Waals surface area contributed by atoms with Gasteiger partial charge in [0.1, 0.15) is 0 Å². The predicted molar refractivity (Wildman–Crippen MR) is 64.8 cm³/mol. The van der Waals surface area contributed by atoms with E-state index >= 15 is 0 Å². The minimum absolute atomic E-state index is 0.0390. The molecule has 0 atom stereocenters. The molecule has 17 heavy (non-hydrogen) atoms. The summed E-state index contributed by atoms with van der Waals surface area (Å²) in [5.74, 6) is -0.861. The Morgan fingerprint density at radius 1 is 1.35 bits per heavy atom. The highest BCUT2D eigenvalue weighted by Crippen LogP contribution is 2.26. The van der Waals surface area contributed by atoms with E-state index < -0.39 is 5.97 Å². The van der Waals surface area contributed by atoms with Gasteiger partial charge < -0.3 is 5.11 Å². The maximum Gasteiger partial charge on any atom is 0.309 e. The molecule has 4 nitrogen and oxygen atoms in total. The summed E-state index contributed by atoms with van der Waals surface area (Å²) in [6.07, 6.45) is 1.64. The molecular formula is C13H14N2O2. The monoisotopic (exact) mass is 230 g/mol. The molecule has 0 saturated carbocycles. The Morgan fingerprint density at radius 2 is 2.12 bits per heavy atom. The minimum Gasteiger partial charge on any atom is -0.481 e. The van der Waals surface area contributed by atoms with Crippen molar-refractivity contribution in [2.75, 3.05) is 0 Å². The van der Waals surface area contributed by atoms with Crippen LogP contribution >= 0.6 is 0 Å². The number of aromatic nitrogens is 2. The average Bonchev–Trinajstić information content (AvgIpc) is 2.65. The fraction of sp³-hybridized carbons (Fsp3) is 0.231. The molecule has 0 aliphatic rings. The molecule has 0 aliphatic heterocycles. The number of carbonyl (C=O) groups is 1. The summed E-state index contributed by atoms with van der Waals surface area (Å²) in [5.41, 5.74) is 4.85. The van der Waals surface area contributed by atoms with Gasteiger partial charge in [-0.15, -0.1) is 0 Å². The zero-order chi connectivity index (χ0) is 12.4. The Morgan fingerprint density at radius 3 is 2.76 bits per heavy atom. The second-order valence-corrected chi connectivity index (χ2v) is 4.15. The average molecular weight is 230 g/mol. The fourth-order valence-electron chi connectivity index (χ4n) is 1.95. The van der Waals surface area contributed by atoms with Crippen LogP contribution in [0.15, 0.2) is 24.4 Å². The van der Waals surface area contributed by atoms with E-state index in [0.717, 1.165) is 16.7 Å². The summed E-state index contributed by atoms with van der Waals surface area (Å²) in [7, 11) is 0. The third-order valence-electron chi connectivity index (χ3n) is 2.72. The molecule has 88 valence electrons. The molecular weight excluding hydrogens is 216 g/mol. The zero-order valence-corrected chi connectivity index (χ0v) is 9.82. The first-order valence-electron chi connectivity index (χ1n) is 5.39. The summed E-state index contributed by atoms with van der Waals surface area (Å²) < 4.78 is 0. The maximum absolute atomic E-state index is 10.7. The fourth-order valence-corrected chi connectivity index (χ4v) is 1.95. The van der Waals surface area contributed by atoms with Crippen LogP contribution < -0.4 is 0 Å². The highest BCUT2D eigenvalue weighted by molar-refractivity contribution is 5.76. The quantitative estimate of drug-likeness (QED) is 0.850. The second-order valence-electron chi connectivity index (χ2n) is 4.15. The van der Waals surface area contributed by atoms with Crippen molar-refractivity contribution < 1.29 is 9.90 Å². The van der Waals surface area contributed by atoms with Crippen LogP contribution in [-0.4, -0.2) is 21.3 Å². The van der Waals surface area contributed by atoms with Crippen LogP contribution in [0.5, 0.6) is 0 Å². The predicted octanol–water partition coefficient (Wildman–Crippen LogP) is 2.32. The molecule has 0 saturated heterocycles. The molecule has 1 heterocycles. The molecule has 0 unspecified atom stereocenters. The molecule has 0 aliphatic carbocycles. The highest BCUT2D eigenvalue weighted by Gasteiger charge is 2.12. The van der Waals surface area contributed by atoms with Crippen LogP contribution in [-0.2, 0) is 11.2 Å². The number of hydrogen-bond donors (Lipinski definition) is 2. The summed E-state index contributed by atoms with van der Waals surface area (Å²) in [4.78, 5) is 10.7. The molecule has 0 amide bonds. The zero-order valence-electron chi connectivity index (χ0n) is 9.82. The largest absolute Gasteiger partial charge is 0.481 e. The van der Waals surface area contributed by atoms with E-state index in [1.807, 2.05) is 26.0 Å². The van der Waals surface area contributed by atoms with Crippen molar-refractivity contribution in [3.63, 3.8) is 0 Å². The summed E-state index contributed by atoms with van der Waals surface area (Å²) in [5, 5.41) is 15.5. The van der Waals surface area contributed by atoms with Crippen LogP contribution in [0.3, 0.4) is 0 Å². The number of nitrogens with one attached hydrogen (secondary N) is 1. The van der Waals surface area contributed by atoms with Gasteiger partial charge in [-0.25, -0.2) is 0 Å². The standard InChI is InChI=1S/C13H14N2O2/c1-8-3-4-10(9(2)5-8)11-7-14-15-12(11)6-13(16)17/h3-5,7H,6H2,1-2H3,(H,14,15)(H,16,17). The van der Waals surface area contributed by atoms with Gasteiger partial charge in [-0.05, 0) is 25.0 Å². The van der Waals surface area contributed by atoms with Crippen molar-refractivity contribution in [1.82, 2.24) is 10.2 Å². The molecule has 0 fully saturated rings. The third-order valence-corrected chi connectivity index (χ3v) is 2.72. The number of H-pyrrole nitrogens is 1. The molecule has 0 radical (unpaired) electrons. The van der Waals surface area contributed by atoms with Crippen molar-refractivity contribution in [3.8, 4) is 11.1 Å². The van der Waals surface area contributed by atoms with E-state index in [9.17, 15) is 4.79 Å². The number of nitrogens with zero attached hydrogens (tertiary/aromatic N) is 1. The molecule has 4 heteroatoms. The lowest BCUT2D eigenvalue weighted by Crippen LogP contribution is -2.02. The van der Waals surface area contributed by atoms with Crippen LogP contribution in [0.25, 0.3) is 11.1 Å². The first kappa shape index (κ1) is 11.4. The number of aryl methyl sites for hydroxylation is 2. The molecule has 2 rings (SSSR count). The maximum atomic E-state index is 10.7. The molecule has 2 aromatic rings. The Balaban J connectivity index is 2.46. The van der Waals surface area contributed by atoms with Crippen LogP contribution in [0.2, 0.25) is 0 Å². The van der Waals surface area contributed by atoms with Gasteiger partial charge in [0.05, 0.1) is 18.3 Å². The van der Waals surface area contributed by atoms with E-state index in [1.165, 1.54) is 5.56 Å². The van der Waals surface area contributed by atoms with E-state index in [4.69, 9.17) is 5.11 Å². The minimum atomic E-state index is -0.861. The van der Waals surface area contributed by atoms with E-state index in [0.29, 0.717) is 5.69 Å². The SMILES string of the molecule is Cc1ccc(-c2cn[nH]c2CC(=O)O)c(C)c1. The number of carboxylic acids is 1. The number of carboxylic acid groups (broad SMARTS) is 1. The molecule has 1 aromatic carbocycles. The number of hydrogen-bond acceptors (Lipinski definition) is 2. The van der Waals surface area contributed by atoms with Gasteiger partial charge in [0, 0.05) is 5.56 Å². The van der Waals surface area contributed by atoms with E-state index in [1.54, 1.807) is 6.20 Å². The van der Waals surface area contributed by atoms with Gasteiger partial charge in [-0.1, -0.05) is 23.8 Å². The van der Waals surface area contributed by atoms with Gasteiger partial charge >= 0.3 is 5.97 Å². The summed E-state index contributed by atoms with van der Waals surface area (Å²) in [6.45, 7) is 4.05. The second kappa shape index (κ2) is 4.41. The Labute approximate surface area is 99.3 Å². The van der Waals surface area contributed by atoms with Crippen LogP contribution in [0.4, 0.5) is 0 Å². The molecule has 0 bridgehead atoms. The lowest BCUT2D eigenvalue weighted by Gasteiger charge is -2.06. The van der Waals surface area contributed by atoms with Crippen LogP contribution in [0, 0.1) is 13.8 Å². The van der Waals surface area contributed by atoms with Crippen LogP contribution in [0.1, 0.15) is 16.8 Å². The van der Waals surface area contributed by atoms with E-state index in [-0.39, 0.29) is 6.42 Å². The van der Waals surface area contributed by atoms with Gasteiger partial charge in [0.25, 0.3) is 0 Å². The van der Waals surface area contributed by atoms with Crippen molar-refractivity contribution in [3.05, 3.63) is 41.2 Å². The smallest absolute Gasteiger partial charge is 0.309 e. The van der Waals surface area contributed by atoms with Crippen molar-refractivity contribution >= 4 is 5.97 Å². The highest BCUT2D eigenvalue weighted by atomic mass is 16.4. The van der Waals surface area contributed by atoms with Crippen molar-refractivity contribution in [1.29, 1.82) is 0 Å². The van der Waals surface area contributed by atoms with Gasteiger partial charge in [-0.3, -0.25) is 9.89 Å². The summed E-state index contributed by atoms with van der Waals surface area (Å²) in [6, 6.07) is 6.09. The van der Waals surface area contributed by atoms with Gasteiger partial charge in [-0.2, -0.15) is 5.10 Å². The molecule has 1 aromatic heterocycles. The number of aromatic amines is 1. The topological polar surface area (TPSA) is 66.0 Å². The Hall–Kier alpha value is -2.10. The van der Waals surface area contributed by atoms with E-state index in [2.05, 4.69) is 16.3 Å². The Bertz CT molecular complexity index is 558. The number of aliphatic carboxylic acids is 1. The van der Waals surface area contributed by atoms with Crippen molar-refractivity contribution in [2.45, 2.75) is 20.3 Å². The molecule has 2 N–H and O–H groups in total. The normalized spacial score (nSPS) is 10.5. The lowest BCUT2D eigenvalue weighted by atomic mass is 9.98. The van der Waals surface area contributed by atoms with Crippen molar-refractivity contribution in [2.24, 2.45) is 0 Å². The summed E-state index contributed by atoms with van der Waals surface area (Å²) >= 11 is 0. The third kappa shape index (κ3) is 2.36. The first-order valence-corrected chi connectivity index (χ1v) is 5.39. The number of benzene rings is 1. The van der Waals surface area contributed by atoms with Gasteiger partial charge in [0.2, 0.25) is 0 Å². The Kier molecular flexibility index (Phi) is 2.95. The first-order chi connectivity index (χ1) is 8.08.